The molecule has 0 saturated carbocycles. The van der Waals surface area contributed by atoms with Gasteiger partial charge in [-0.05, 0) is 43.2 Å². The molecule has 1 atom stereocenters. The molecule has 0 aromatic heterocycles. The fourth-order valence-corrected chi connectivity index (χ4v) is 3.48. The molecule has 2 N–H and O–H groups in total. The van der Waals surface area contributed by atoms with Crippen molar-refractivity contribution in [1.82, 2.24) is 4.90 Å². The summed E-state index contributed by atoms with van der Waals surface area (Å²) in [6, 6.07) is 11.1. The molecule has 0 spiro atoms. The van der Waals surface area contributed by atoms with Crippen LogP contribution in [0.3, 0.4) is 0 Å². The first-order chi connectivity index (χ1) is 13.3. The Kier molecular flexibility index (Phi) is 5.51. The van der Waals surface area contributed by atoms with Crippen LogP contribution >= 0.6 is 0 Å². The van der Waals surface area contributed by atoms with Crippen LogP contribution in [-0.2, 0) is 14.3 Å². The van der Waals surface area contributed by atoms with Crippen molar-refractivity contribution < 1.29 is 24.5 Å². The van der Waals surface area contributed by atoms with E-state index in [1.807, 2.05) is 26.0 Å². The fourth-order valence-electron chi connectivity index (χ4n) is 3.48. The average molecular weight is 381 g/mol. The van der Waals surface area contributed by atoms with Crippen molar-refractivity contribution in [1.29, 1.82) is 0 Å². The molecule has 2 aromatic carbocycles. The van der Waals surface area contributed by atoms with Crippen molar-refractivity contribution in [2.45, 2.75) is 19.9 Å². The summed E-state index contributed by atoms with van der Waals surface area (Å²) in [4.78, 5) is 26.9. The van der Waals surface area contributed by atoms with Gasteiger partial charge in [0.05, 0.1) is 18.2 Å². The van der Waals surface area contributed by atoms with Gasteiger partial charge in [0, 0.05) is 19.2 Å². The highest BCUT2D eigenvalue weighted by Crippen LogP contribution is 2.40. The van der Waals surface area contributed by atoms with Gasteiger partial charge in [-0.2, -0.15) is 0 Å². The van der Waals surface area contributed by atoms with Gasteiger partial charge in [-0.25, -0.2) is 0 Å². The zero-order valence-electron chi connectivity index (χ0n) is 16.1. The number of rotatable bonds is 5. The largest absolute Gasteiger partial charge is 0.508 e. The number of aliphatic hydroxyl groups excluding tert-OH is 1. The minimum atomic E-state index is -0.804. The molecule has 1 unspecified atom stereocenters. The van der Waals surface area contributed by atoms with E-state index in [0.717, 1.165) is 11.1 Å². The maximum Gasteiger partial charge on any atom is 0.295 e. The molecule has 1 fully saturated rings. The molecule has 28 heavy (non-hydrogen) atoms. The third kappa shape index (κ3) is 3.51. The molecule has 1 aliphatic heterocycles. The first-order valence-corrected chi connectivity index (χ1v) is 8.99. The van der Waals surface area contributed by atoms with E-state index in [4.69, 9.17) is 4.74 Å². The van der Waals surface area contributed by atoms with Crippen LogP contribution in [0.15, 0.2) is 48.0 Å². The number of carbonyl (C=O) groups is 2. The van der Waals surface area contributed by atoms with Gasteiger partial charge in [-0.3, -0.25) is 9.59 Å². The summed E-state index contributed by atoms with van der Waals surface area (Å²) in [5.74, 6) is -1.64. The number of ketones is 1. The number of ether oxygens (including phenoxy) is 1. The van der Waals surface area contributed by atoms with E-state index < -0.39 is 17.7 Å². The van der Waals surface area contributed by atoms with Gasteiger partial charge in [0.1, 0.15) is 11.5 Å². The van der Waals surface area contributed by atoms with E-state index in [-0.39, 0.29) is 30.2 Å². The number of Topliss-reactive ketones (excluding diaryl/α,β-unsaturated/α-hetero) is 1. The summed E-state index contributed by atoms with van der Waals surface area (Å²) in [6.07, 6.45) is 0. The third-order valence-electron chi connectivity index (χ3n) is 4.91. The standard InChI is InChI=1S/C22H23NO5/c1-13-7-8-14(2)17(11-13)20(25)18-19(15-5-4-6-16(24)12-15)23(9-10-28-3)22(27)21(18)26/h4-8,11-12,19,24-25H,9-10H2,1-3H3/b20-18+. The van der Waals surface area contributed by atoms with Crippen molar-refractivity contribution >= 4 is 17.4 Å². The van der Waals surface area contributed by atoms with Crippen molar-refractivity contribution in [2.24, 2.45) is 0 Å². The number of phenols is 1. The first-order valence-electron chi connectivity index (χ1n) is 8.99. The van der Waals surface area contributed by atoms with Gasteiger partial charge < -0.3 is 19.8 Å². The van der Waals surface area contributed by atoms with Crippen LogP contribution in [0.25, 0.3) is 5.76 Å². The van der Waals surface area contributed by atoms with E-state index in [0.29, 0.717) is 11.1 Å². The highest BCUT2D eigenvalue weighted by molar-refractivity contribution is 6.46. The molecule has 2 aromatic rings. The van der Waals surface area contributed by atoms with Crippen LogP contribution in [-0.4, -0.2) is 47.1 Å². The van der Waals surface area contributed by atoms with E-state index in [1.54, 1.807) is 18.2 Å². The molecule has 1 aliphatic rings. The van der Waals surface area contributed by atoms with Crippen LogP contribution in [0.5, 0.6) is 5.75 Å². The Morgan fingerprint density at radius 2 is 1.89 bits per heavy atom. The quantitative estimate of drug-likeness (QED) is 0.472. The monoisotopic (exact) mass is 381 g/mol. The first kappa shape index (κ1) is 19.6. The second kappa shape index (κ2) is 7.86. The summed E-state index contributed by atoms with van der Waals surface area (Å²) in [5, 5.41) is 20.9. The molecule has 1 amide bonds. The Balaban J connectivity index is 2.22. The smallest absolute Gasteiger partial charge is 0.295 e. The van der Waals surface area contributed by atoms with Crippen molar-refractivity contribution in [2.75, 3.05) is 20.3 Å². The average Bonchev–Trinajstić information content (AvgIpc) is 2.92. The number of nitrogens with zero attached hydrogens (tertiary/aromatic N) is 1. The summed E-state index contributed by atoms with van der Waals surface area (Å²) in [6.45, 7) is 4.15. The lowest BCUT2D eigenvalue weighted by Gasteiger charge is -2.25. The van der Waals surface area contributed by atoms with Crippen molar-refractivity contribution in [3.05, 3.63) is 70.3 Å². The number of phenolic OH excluding ortho intramolecular Hbond substituents is 1. The Bertz CT molecular complexity index is 963. The minimum Gasteiger partial charge on any atom is -0.508 e. The molecule has 0 radical (unpaired) electrons. The molecular weight excluding hydrogens is 358 g/mol. The second-order valence-corrected chi connectivity index (χ2v) is 6.90. The minimum absolute atomic E-state index is 0.0143. The van der Waals surface area contributed by atoms with Gasteiger partial charge >= 0.3 is 0 Å². The second-order valence-electron chi connectivity index (χ2n) is 6.90. The molecule has 1 saturated heterocycles. The number of amides is 1. The number of hydrogen-bond acceptors (Lipinski definition) is 5. The number of aryl methyl sites for hydroxylation is 2. The summed E-state index contributed by atoms with van der Waals surface area (Å²) < 4.78 is 5.08. The van der Waals surface area contributed by atoms with E-state index in [1.165, 1.54) is 24.1 Å². The Morgan fingerprint density at radius 3 is 2.57 bits per heavy atom. The number of methoxy groups -OCH3 is 1. The molecule has 3 rings (SSSR count). The number of hydrogen-bond donors (Lipinski definition) is 2. The van der Waals surface area contributed by atoms with Gasteiger partial charge in [-0.15, -0.1) is 0 Å². The maximum absolute atomic E-state index is 12.8. The van der Waals surface area contributed by atoms with Crippen LogP contribution < -0.4 is 0 Å². The highest BCUT2D eigenvalue weighted by Gasteiger charge is 2.46. The van der Waals surface area contributed by atoms with E-state index >= 15 is 0 Å². The Hall–Kier alpha value is -3.12. The lowest BCUT2D eigenvalue weighted by molar-refractivity contribution is -0.140. The number of likely N-dealkylation sites (tertiary alicyclic amines) is 1. The molecule has 0 bridgehead atoms. The number of benzene rings is 2. The molecular formula is C22H23NO5. The van der Waals surface area contributed by atoms with Gasteiger partial charge in [0.25, 0.3) is 11.7 Å². The number of aliphatic hydroxyl groups is 1. The normalized spacial score (nSPS) is 18.7. The summed E-state index contributed by atoms with van der Waals surface area (Å²) >= 11 is 0. The lowest BCUT2D eigenvalue weighted by atomic mass is 9.93. The molecule has 1 heterocycles. The van der Waals surface area contributed by atoms with Gasteiger partial charge in [0.2, 0.25) is 0 Å². The van der Waals surface area contributed by atoms with Crippen LogP contribution in [0.4, 0.5) is 0 Å². The van der Waals surface area contributed by atoms with Gasteiger partial charge in [-0.1, -0.05) is 29.8 Å². The Labute approximate surface area is 163 Å². The van der Waals surface area contributed by atoms with Gasteiger partial charge in [0.15, 0.2) is 0 Å². The van der Waals surface area contributed by atoms with E-state index in [2.05, 4.69) is 0 Å². The predicted octanol–water partition coefficient (Wildman–Crippen LogP) is 3.08. The zero-order valence-corrected chi connectivity index (χ0v) is 16.1. The molecule has 146 valence electrons. The lowest BCUT2D eigenvalue weighted by Crippen LogP contribution is -2.32. The third-order valence-corrected chi connectivity index (χ3v) is 4.91. The van der Waals surface area contributed by atoms with Crippen molar-refractivity contribution in [3.8, 4) is 5.75 Å². The fraction of sp³-hybridized carbons (Fsp3) is 0.273. The predicted molar refractivity (Wildman–Crippen MR) is 105 cm³/mol. The zero-order chi connectivity index (χ0) is 20.4. The Morgan fingerprint density at radius 1 is 1.14 bits per heavy atom. The van der Waals surface area contributed by atoms with Crippen molar-refractivity contribution in [3.63, 3.8) is 0 Å². The molecule has 6 heteroatoms. The maximum atomic E-state index is 12.8. The topological polar surface area (TPSA) is 87.1 Å². The van der Waals surface area contributed by atoms with Crippen LogP contribution in [0, 0.1) is 13.8 Å². The van der Waals surface area contributed by atoms with Crippen LogP contribution in [0.1, 0.15) is 28.3 Å². The SMILES string of the molecule is COCCN1C(=O)C(=O)/C(=C(/O)c2cc(C)ccc2C)C1c1cccc(O)c1. The molecule has 0 aliphatic carbocycles. The summed E-state index contributed by atoms with van der Waals surface area (Å²) in [7, 11) is 1.51. The highest BCUT2D eigenvalue weighted by atomic mass is 16.5. The number of carbonyl (C=O) groups excluding carboxylic acids is 2. The molecule has 6 nitrogen and oxygen atoms in total. The van der Waals surface area contributed by atoms with Crippen LogP contribution in [0.2, 0.25) is 0 Å². The van der Waals surface area contributed by atoms with E-state index in [9.17, 15) is 19.8 Å². The summed E-state index contributed by atoms with van der Waals surface area (Å²) in [5.41, 5.74) is 2.79. The number of aromatic hydroxyl groups is 1.